The summed E-state index contributed by atoms with van der Waals surface area (Å²) in [5, 5.41) is 163. The third-order valence-corrected chi connectivity index (χ3v) is 20.9. The molecule has 5 aliphatic rings. The van der Waals surface area contributed by atoms with Crippen LogP contribution in [0.2, 0.25) is 0 Å². The molecule has 9 unspecified atom stereocenters. The lowest BCUT2D eigenvalue weighted by Crippen LogP contribution is -2.71. The first-order valence-corrected chi connectivity index (χ1v) is 41.9. The average molecular weight is 1800 g/mol. The van der Waals surface area contributed by atoms with Crippen LogP contribution in [0, 0.1) is 0 Å². The van der Waals surface area contributed by atoms with Crippen LogP contribution in [0.1, 0.15) is 123 Å². The Morgan fingerprint density at radius 2 is 1.10 bits per heavy atom. The highest BCUT2D eigenvalue weighted by Gasteiger charge is 2.61. The van der Waals surface area contributed by atoms with Crippen molar-refractivity contribution < 1.29 is 200 Å². The maximum atomic E-state index is 13.9. The molecular formula is C74H115N8O41P. The molecule has 20 N–H and O–H groups in total. The summed E-state index contributed by atoms with van der Waals surface area (Å²) < 4.78 is 99.4. The van der Waals surface area contributed by atoms with E-state index in [1.54, 1.807) is 44.2 Å². The first-order chi connectivity index (χ1) is 58.9. The van der Waals surface area contributed by atoms with Crippen LogP contribution >= 0.6 is 7.82 Å². The molecule has 5 saturated heterocycles. The number of rotatable bonds is 48. The van der Waals surface area contributed by atoms with Crippen molar-refractivity contribution in [3.63, 3.8) is 0 Å². The van der Waals surface area contributed by atoms with Crippen LogP contribution in [0.15, 0.2) is 36.5 Å². The van der Waals surface area contributed by atoms with Crippen molar-refractivity contribution in [3.8, 4) is 0 Å². The van der Waals surface area contributed by atoms with E-state index in [4.69, 9.17) is 70.8 Å². The highest BCUT2D eigenvalue weighted by atomic mass is 31.2. The van der Waals surface area contributed by atoms with Crippen molar-refractivity contribution in [2.24, 2.45) is 0 Å². The molecule has 124 heavy (non-hydrogen) atoms. The van der Waals surface area contributed by atoms with Gasteiger partial charge in [0.25, 0.3) is 5.79 Å². The summed E-state index contributed by atoms with van der Waals surface area (Å²) in [4.78, 5) is 151. The van der Waals surface area contributed by atoms with Gasteiger partial charge in [-0.25, -0.2) is 14.0 Å². The van der Waals surface area contributed by atoms with Gasteiger partial charge in [0.15, 0.2) is 37.4 Å². The van der Waals surface area contributed by atoms with Crippen molar-refractivity contribution in [3.05, 3.63) is 47.8 Å². The molecule has 2 aromatic rings. The van der Waals surface area contributed by atoms with Crippen LogP contribution < -0.4 is 26.6 Å². The molecule has 0 radical (unpaired) electrons. The van der Waals surface area contributed by atoms with Gasteiger partial charge in [-0.15, -0.1) is 5.10 Å². The van der Waals surface area contributed by atoms with Crippen molar-refractivity contribution in [2.75, 3.05) is 52.8 Å². The van der Waals surface area contributed by atoms with Gasteiger partial charge in [-0.05, 0) is 18.4 Å². The molecule has 1 aromatic carbocycles. The van der Waals surface area contributed by atoms with Crippen molar-refractivity contribution in [1.82, 2.24) is 41.6 Å². The molecule has 5 amide bonds. The van der Waals surface area contributed by atoms with Crippen LogP contribution in [0.3, 0.4) is 0 Å². The number of phosphoric acid groups is 1. The second-order valence-electron chi connectivity index (χ2n) is 29.5. The number of carbonyl (C=O) groups excluding carboxylic acids is 9. The minimum absolute atomic E-state index is 0.0297. The summed E-state index contributed by atoms with van der Waals surface area (Å²) in [6.45, 7) is 2.45. The molecule has 6 heterocycles. The maximum Gasteiger partial charge on any atom is 0.470 e. The quantitative estimate of drug-likeness (QED) is 0.0127. The van der Waals surface area contributed by atoms with Crippen LogP contribution in [0.25, 0.3) is 0 Å². The molecular weight excluding hydrogens is 1690 g/mol. The van der Waals surface area contributed by atoms with Gasteiger partial charge in [0.2, 0.25) is 29.5 Å². The van der Waals surface area contributed by atoms with E-state index in [-0.39, 0.29) is 83.3 Å². The summed E-state index contributed by atoms with van der Waals surface area (Å²) in [7, 11) is -5.53. The van der Waals surface area contributed by atoms with Gasteiger partial charge < -0.3 is 169 Å². The molecule has 0 bridgehead atoms. The third kappa shape index (κ3) is 29.4. The second-order valence-corrected chi connectivity index (χ2v) is 30.6. The number of benzene rings is 1. The van der Waals surface area contributed by atoms with E-state index in [1.807, 2.05) is 0 Å². The zero-order valence-corrected chi connectivity index (χ0v) is 69.6. The van der Waals surface area contributed by atoms with Gasteiger partial charge in [0.05, 0.1) is 96.9 Å². The Labute approximate surface area is 709 Å². The number of aliphatic hydroxyl groups excluding tert-OH is 12. The molecule has 1 aromatic heterocycles. The largest absolute Gasteiger partial charge is 0.477 e. The maximum absolute atomic E-state index is 13.9. The number of nitrogens with one attached hydrogen (secondary N) is 5. The molecule has 50 heteroatoms. The molecule has 0 saturated carbocycles. The SMILES string of the molecule is CCC(=O)OC1[C@H](OP(=O)(O)O)C(CO)O[C@@H](OCC2O[C@@H](OCCNC(=O)CCC(=O)NCc3cn(CCO[C@@H]4OC(CO)[C@@H](O[C@@H]5OC(CO)[C@H](O)C(O[C@]6(C(=O)O)C[C@@H](O)[C@@H](NC(=O)Cc7ccccc7)C([C@H](O)[C@H](O)CO)O6)[C@@H]5O)C(O)[C@@H]4O)nn3)C(NC(=O)C[C@@H](CC)OC(=O)CC)[C@@H](OC(=O)CC)[C@@H]2O)[C@H]1NC(=O)C[C@@H](CC)OC(=O)CC. The molecule has 5 fully saturated rings. The standard InChI is InChI=1S/C74H115N8O41P/c1-7-37(112-50(94)9-3)25-48(92)78-55-65(118-52(96)11-5)59(100)44(34-111-70-56(79-49(93)26-38(8-2)113-51(95)10-4)67(119-53(97)12-6)64(43(33-86)115-70)123-124(106,107)108)117-69(55)109-22-20-75-45(89)18-19-46(90)76-28-36-29-82(81-80-36)21-23-110-71-61(102)60(101)63(42(32-85)116-71)120-72-62(103)68(58(99)41(31-84)114-72)122-74(73(104)105)27-39(87)54(66(121-74)57(98)40(88)30-83)77-47(91)24-35-16-14-13-15-17-35/h13-17,29,37-44,54-72,83-88,98-103H,7-12,18-28,30-34H2,1-6H3,(H,75,89)(H,76,90)(H,77,91)(H,78,92)(H,79,93)(H,104,105)(H2,106,107,108)/t37-,38-,39-,40-,41?,42?,43?,44?,54-,55?,56+,57-,58+,59-,60?,61+,62+,63-,64-,65-,66?,67?,68?,69-,70-,71-,72+,74+/m1/s1. The number of carbonyl (C=O) groups is 10. The van der Waals surface area contributed by atoms with Gasteiger partial charge in [-0.3, -0.25) is 47.7 Å². The van der Waals surface area contributed by atoms with E-state index < -0.39 is 304 Å². The lowest BCUT2D eigenvalue weighted by Gasteiger charge is -2.50. The van der Waals surface area contributed by atoms with E-state index in [0.29, 0.717) is 5.56 Å². The number of esters is 4. The molecule has 7 rings (SSSR count). The molecule has 0 spiro atoms. The topological polar surface area (TPSA) is 721 Å². The number of hydrogen-bond donors (Lipinski definition) is 20. The number of ether oxygens (including phenoxy) is 14. The predicted molar refractivity (Wildman–Crippen MR) is 406 cm³/mol. The summed E-state index contributed by atoms with van der Waals surface area (Å²) in [5.74, 6) is -12.2. The van der Waals surface area contributed by atoms with Gasteiger partial charge >= 0.3 is 37.7 Å². The number of carboxylic acid groups (broad SMARTS) is 1. The summed E-state index contributed by atoms with van der Waals surface area (Å²) in [5.41, 5.74) is 0.698. The Balaban J connectivity index is 0.942. The number of nitrogens with zero attached hydrogens (tertiary/aromatic N) is 3. The van der Waals surface area contributed by atoms with Crippen LogP contribution in [-0.4, -0.2) is 374 Å². The van der Waals surface area contributed by atoms with E-state index >= 15 is 0 Å². The summed E-state index contributed by atoms with van der Waals surface area (Å²) in [6, 6.07) is 3.09. The van der Waals surface area contributed by atoms with Crippen molar-refractivity contribution >= 4 is 67.2 Å². The monoisotopic (exact) mass is 1800 g/mol. The fourth-order valence-electron chi connectivity index (χ4n) is 13.7. The second kappa shape index (κ2) is 49.6. The van der Waals surface area contributed by atoms with Gasteiger partial charge in [0.1, 0.15) is 122 Å². The first-order valence-electron chi connectivity index (χ1n) is 40.4. The fourth-order valence-corrected chi connectivity index (χ4v) is 14.3. The zero-order valence-electron chi connectivity index (χ0n) is 68.7. The number of aliphatic carboxylic acids is 1. The number of phosphoric ester groups is 1. The minimum atomic E-state index is -5.53. The summed E-state index contributed by atoms with van der Waals surface area (Å²) >= 11 is 0. The highest BCUT2D eigenvalue weighted by Crippen LogP contribution is 2.44. The lowest BCUT2D eigenvalue weighted by molar-refractivity contribution is -0.386. The Hall–Kier alpha value is -7.71. The first kappa shape index (κ1) is 103. The molecule has 5 aliphatic heterocycles. The summed E-state index contributed by atoms with van der Waals surface area (Å²) in [6.07, 6.45) is -47.4. The molecule has 0 aliphatic carbocycles. The van der Waals surface area contributed by atoms with Crippen LogP contribution in [0.5, 0.6) is 0 Å². The third-order valence-electron chi connectivity index (χ3n) is 20.4. The Bertz CT molecular complexity index is 3800. The van der Waals surface area contributed by atoms with E-state index in [2.05, 4.69) is 36.9 Å². The molecule has 49 nitrogen and oxygen atoms in total. The molecule has 28 atom stereocenters. The number of carboxylic acids is 1. The van der Waals surface area contributed by atoms with Crippen molar-refractivity contribution in [1.29, 1.82) is 0 Å². The van der Waals surface area contributed by atoms with E-state index in [0.717, 1.165) is 0 Å². The van der Waals surface area contributed by atoms with Gasteiger partial charge in [-0.1, -0.05) is 77.1 Å². The minimum Gasteiger partial charge on any atom is -0.477 e. The van der Waals surface area contributed by atoms with Gasteiger partial charge in [0, 0.05) is 51.5 Å². The average Bonchev–Trinajstić information content (AvgIpc) is 0.760. The van der Waals surface area contributed by atoms with Crippen LogP contribution in [-0.2, 0) is 143 Å². The highest BCUT2D eigenvalue weighted by molar-refractivity contribution is 7.46. The van der Waals surface area contributed by atoms with Gasteiger partial charge in [-0.2, -0.15) is 0 Å². The predicted octanol–water partition coefficient (Wildman–Crippen LogP) is -8.00. The zero-order chi connectivity index (χ0) is 91.4. The normalized spacial score (nSPS) is 31.1. The Morgan fingerprint density at radius 1 is 0.573 bits per heavy atom. The number of hydrogen-bond acceptors (Lipinski definition) is 40. The van der Waals surface area contributed by atoms with Crippen molar-refractivity contribution in [2.45, 2.75) is 303 Å². The smallest absolute Gasteiger partial charge is 0.470 e. The molecule has 702 valence electrons. The number of amides is 5. The Morgan fingerprint density at radius 3 is 1.66 bits per heavy atom. The fraction of sp³-hybridized carbons (Fsp3) is 0.757. The number of aliphatic hydroxyl groups is 12. The van der Waals surface area contributed by atoms with E-state index in [9.17, 15) is 129 Å². The number of aromatic nitrogens is 3. The van der Waals surface area contributed by atoms with E-state index in [1.165, 1.54) is 38.6 Å². The lowest BCUT2D eigenvalue weighted by atomic mass is 9.88. The Kier molecular flexibility index (Phi) is 41.3. The van der Waals surface area contributed by atoms with Crippen LogP contribution in [0.4, 0.5) is 0 Å².